The summed E-state index contributed by atoms with van der Waals surface area (Å²) in [6.45, 7) is 8.57. The van der Waals surface area contributed by atoms with Gasteiger partial charge in [-0.15, -0.1) is 0 Å². The number of rotatable bonds is 7. The lowest BCUT2D eigenvalue weighted by atomic mass is 9.96. The SMILES string of the molecule is COC(=O)c1c(C)[nH]c(C(=O)N2CCCC(C(=O)NCCCN3CCCCC3)C2)c1C. The van der Waals surface area contributed by atoms with Gasteiger partial charge < -0.3 is 24.8 Å². The first-order valence-corrected chi connectivity index (χ1v) is 11.5. The molecule has 8 nitrogen and oxygen atoms in total. The molecule has 3 rings (SSSR count). The topological polar surface area (TPSA) is 94.7 Å². The highest BCUT2D eigenvalue weighted by molar-refractivity contribution is 6.00. The van der Waals surface area contributed by atoms with Crippen LogP contribution in [0.25, 0.3) is 0 Å². The Morgan fingerprint density at radius 3 is 2.55 bits per heavy atom. The summed E-state index contributed by atoms with van der Waals surface area (Å²) >= 11 is 0. The molecular weight excluding hydrogens is 396 g/mol. The van der Waals surface area contributed by atoms with Crippen LogP contribution in [0, 0.1) is 19.8 Å². The molecule has 2 N–H and O–H groups in total. The molecule has 0 radical (unpaired) electrons. The predicted molar refractivity (Wildman–Crippen MR) is 118 cm³/mol. The number of amides is 2. The largest absolute Gasteiger partial charge is 0.465 e. The number of hydrogen-bond acceptors (Lipinski definition) is 5. The molecule has 0 aromatic carbocycles. The highest BCUT2D eigenvalue weighted by atomic mass is 16.5. The van der Waals surface area contributed by atoms with Gasteiger partial charge in [0.25, 0.3) is 5.91 Å². The van der Waals surface area contributed by atoms with Gasteiger partial charge >= 0.3 is 5.97 Å². The molecule has 1 aromatic heterocycles. The maximum absolute atomic E-state index is 13.1. The molecular formula is C23H36N4O4. The fourth-order valence-electron chi connectivity index (χ4n) is 4.75. The first kappa shape index (κ1) is 23.3. The number of carbonyl (C=O) groups is 3. The van der Waals surface area contributed by atoms with Crippen LogP contribution in [0.15, 0.2) is 0 Å². The molecule has 0 aliphatic carbocycles. The highest BCUT2D eigenvalue weighted by Crippen LogP contribution is 2.23. The number of H-pyrrole nitrogens is 1. The molecule has 2 aliphatic rings. The van der Waals surface area contributed by atoms with Gasteiger partial charge in [0.05, 0.1) is 18.6 Å². The van der Waals surface area contributed by atoms with E-state index in [0.717, 1.165) is 25.8 Å². The van der Waals surface area contributed by atoms with Crippen molar-refractivity contribution in [2.75, 3.05) is 46.4 Å². The maximum Gasteiger partial charge on any atom is 0.339 e. The molecule has 2 saturated heterocycles. The number of hydrogen-bond donors (Lipinski definition) is 2. The molecule has 3 heterocycles. The van der Waals surface area contributed by atoms with Crippen LogP contribution < -0.4 is 5.32 Å². The third-order valence-corrected chi connectivity index (χ3v) is 6.52. The van der Waals surface area contributed by atoms with Crippen LogP contribution in [0.1, 0.15) is 70.6 Å². The zero-order chi connectivity index (χ0) is 22.4. The van der Waals surface area contributed by atoms with Gasteiger partial charge in [-0.3, -0.25) is 9.59 Å². The molecule has 2 aliphatic heterocycles. The minimum atomic E-state index is -0.453. The summed E-state index contributed by atoms with van der Waals surface area (Å²) in [6, 6.07) is 0. The molecule has 0 saturated carbocycles. The van der Waals surface area contributed by atoms with Crippen LogP contribution in [0.2, 0.25) is 0 Å². The van der Waals surface area contributed by atoms with Crippen molar-refractivity contribution in [2.45, 2.75) is 52.4 Å². The summed E-state index contributed by atoms with van der Waals surface area (Å²) in [5, 5.41) is 3.07. The predicted octanol–water partition coefficient (Wildman–Crippen LogP) is 2.26. The van der Waals surface area contributed by atoms with Crippen molar-refractivity contribution in [2.24, 2.45) is 5.92 Å². The van der Waals surface area contributed by atoms with Crippen molar-refractivity contribution >= 4 is 17.8 Å². The van der Waals surface area contributed by atoms with Gasteiger partial charge in [-0.2, -0.15) is 0 Å². The van der Waals surface area contributed by atoms with Crippen LogP contribution in [0.4, 0.5) is 0 Å². The molecule has 1 atom stereocenters. The third kappa shape index (κ3) is 5.67. The number of aromatic amines is 1. The average molecular weight is 433 g/mol. The lowest BCUT2D eigenvalue weighted by Gasteiger charge is -2.32. The van der Waals surface area contributed by atoms with E-state index in [2.05, 4.69) is 15.2 Å². The van der Waals surface area contributed by atoms with E-state index < -0.39 is 5.97 Å². The number of likely N-dealkylation sites (tertiary alicyclic amines) is 2. The van der Waals surface area contributed by atoms with Gasteiger partial charge in [-0.25, -0.2) is 4.79 Å². The van der Waals surface area contributed by atoms with Gasteiger partial charge in [0, 0.05) is 25.3 Å². The zero-order valence-electron chi connectivity index (χ0n) is 19.1. The fourth-order valence-corrected chi connectivity index (χ4v) is 4.75. The van der Waals surface area contributed by atoms with Crippen molar-refractivity contribution < 1.29 is 19.1 Å². The second kappa shape index (κ2) is 10.8. The molecule has 0 bridgehead atoms. The van der Waals surface area contributed by atoms with Crippen molar-refractivity contribution in [3.05, 3.63) is 22.5 Å². The molecule has 2 fully saturated rings. The van der Waals surface area contributed by atoms with Gasteiger partial charge in [-0.1, -0.05) is 6.42 Å². The Labute approximate surface area is 184 Å². The minimum Gasteiger partial charge on any atom is -0.465 e. The molecule has 2 amide bonds. The first-order chi connectivity index (χ1) is 14.9. The van der Waals surface area contributed by atoms with E-state index in [0.29, 0.717) is 42.1 Å². The Bertz CT molecular complexity index is 798. The number of piperidine rings is 2. The summed E-state index contributed by atoms with van der Waals surface area (Å²) in [7, 11) is 1.33. The number of aryl methyl sites for hydroxylation is 1. The lowest BCUT2D eigenvalue weighted by Crippen LogP contribution is -2.46. The normalized spacial score (nSPS) is 19.8. The van der Waals surface area contributed by atoms with Gasteiger partial charge in [0.1, 0.15) is 5.69 Å². The van der Waals surface area contributed by atoms with Crippen molar-refractivity contribution in [1.29, 1.82) is 0 Å². The van der Waals surface area contributed by atoms with Crippen molar-refractivity contribution in [1.82, 2.24) is 20.1 Å². The van der Waals surface area contributed by atoms with Gasteiger partial charge in [-0.05, 0) is 71.1 Å². The van der Waals surface area contributed by atoms with Crippen molar-refractivity contribution in [3.63, 3.8) is 0 Å². The lowest BCUT2D eigenvalue weighted by molar-refractivity contribution is -0.126. The molecule has 1 aromatic rings. The first-order valence-electron chi connectivity index (χ1n) is 11.5. The Morgan fingerprint density at radius 1 is 1.10 bits per heavy atom. The molecule has 31 heavy (non-hydrogen) atoms. The third-order valence-electron chi connectivity index (χ3n) is 6.52. The Hall–Kier alpha value is -2.35. The summed E-state index contributed by atoms with van der Waals surface area (Å²) < 4.78 is 4.83. The van der Waals surface area contributed by atoms with Crippen molar-refractivity contribution in [3.8, 4) is 0 Å². The van der Waals surface area contributed by atoms with E-state index in [4.69, 9.17) is 4.74 Å². The number of nitrogens with one attached hydrogen (secondary N) is 2. The molecule has 1 unspecified atom stereocenters. The van der Waals surface area contributed by atoms with Crippen LogP contribution in [-0.4, -0.2) is 78.9 Å². The summed E-state index contributed by atoms with van der Waals surface area (Å²) in [5.41, 5.74) is 2.03. The summed E-state index contributed by atoms with van der Waals surface area (Å²) in [5.74, 6) is -0.779. The van der Waals surface area contributed by atoms with Crippen LogP contribution in [0.3, 0.4) is 0 Å². The number of nitrogens with zero attached hydrogens (tertiary/aromatic N) is 2. The smallest absolute Gasteiger partial charge is 0.339 e. The Morgan fingerprint density at radius 2 is 1.84 bits per heavy atom. The fraction of sp³-hybridized carbons (Fsp3) is 0.696. The van der Waals surface area contributed by atoms with Gasteiger partial charge in [0.15, 0.2) is 0 Å². The average Bonchev–Trinajstić information content (AvgIpc) is 3.10. The van der Waals surface area contributed by atoms with E-state index in [9.17, 15) is 14.4 Å². The molecule has 8 heteroatoms. The van der Waals surface area contributed by atoms with Crippen LogP contribution in [-0.2, 0) is 9.53 Å². The Balaban J connectivity index is 1.52. The quantitative estimate of drug-likeness (QED) is 0.509. The summed E-state index contributed by atoms with van der Waals surface area (Å²) in [4.78, 5) is 45.0. The zero-order valence-corrected chi connectivity index (χ0v) is 19.1. The second-order valence-corrected chi connectivity index (χ2v) is 8.75. The number of esters is 1. The number of ether oxygens (including phenoxy) is 1. The summed E-state index contributed by atoms with van der Waals surface area (Å²) in [6.07, 6.45) is 6.42. The van der Waals surface area contributed by atoms with Crippen LogP contribution in [0.5, 0.6) is 0 Å². The van der Waals surface area contributed by atoms with E-state index in [-0.39, 0.29) is 17.7 Å². The van der Waals surface area contributed by atoms with Gasteiger partial charge in [0.2, 0.25) is 5.91 Å². The standard InChI is InChI=1S/C23H36N4O4/c1-16-19(23(30)31-3)17(2)25-20(16)22(29)27-14-7-9-18(15-27)21(28)24-10-8-13-26-11-5-4-6-12-26/h18,25H,4-15H2,1-3H3,(H,24,28). The highest BCUT2D eigenvalue weighted by Gasteiger charge is 2.31. The number of carbonyl (C=O) groups excluding carboxylic acids is 3. The monoisotopic (exact) mass is 432 g/mol. The van der Waals surface area contributed by atoms with Crippen LogP contribution >= 0.6 is 0 Å². The number of methoxy groups -OCH3 is 1. The maximum atomic E-state index is 13.1. The van der Waals surface area contributed by atoms with E-state index >= 15 is 0 Å². The van der Waals surface area contributed by atoms with E-state index in [1.165, 1.54) is 39.5 Å². The molecule has 172 valence electrons. The number of aromatic nitrogens is 1. The second-order valence-electron chi connectivity index (χ2n) is 8.75. The molecule has 0 spiro atoms. The Kier molecular flexibility index (Phi) is 8.12. The van der Waals surface area contributed by atoms with E-state index in [1.54, 1.807) is 18.7 Å². The van der Waals surface area contributed by atoms with E-state index in [1.807, 2.05) is 0 Å². The minimum absolute atomic E-state index is 0.0331.